The average molecular weight is 348 g/mol. The van der Waals surface area contributed by atoms with Crippen LogP contribution in [0, 0.1) is 6.92 Å². The van der Waals surface area contributed by atoms with Crippen molar-refractivity contribution in [1.82, 2.24) is 15.3 Å². The number of carbonyl (C=O) groups excluding carboxylic acids is 1. The van der Waals surface area contributed by atoms with Gasteiger partial charge in [0.1, 0.15) is 0 Å². The second-order valence-electron chi connectivity index (χ2n) is 5.50. The van der Waals surface area contributed by atoms with Crippen molar-refractivity contribution in [1.29, 1.82) is 0 Å². The second kappa shape index (κ2) is 7.39. The number of aryl methyl sites for hydroxylation is 1. The van der Waals surface area contributed by atoms with Crippen LogP contribution in [0.2, 0.25) is 0 Å². The van der Waals surface area contributed by atoms with E-state index in [1.54, 1.807) is 12.1 Å². The zero-order chi connectivity index (χ0) is 17.7. The van der Waals surface area contributed by atoms with E-state index in [2.05, 4.69) is 20.0 Å². The van der Waals surface area contributed by atoms with Crippen molar-refractivity contribution in [2.45, 2.75) is 38.1 Å². The number of nitrogens with one attached hydrogen (secondary N) is 2. The molecule has 1 atom stereocenters. The number of rotatable bonds is 6. The lowest BCUT2D eigenvalue weighted by molar-refractivity contribution is 0.0938. The van der Waals surface area contributed by atoms with E-state index in [4.69, 9.17) is 0 Å². The number of nitrogens with zero attached hydrogens (tertiary/aromatic N) is 2. The Bertz CT molecular complexity index is 802. The molecule has 0 fully saturated rings. The van der Waals surface area contributed by atoms with Gasteiger partial charge < -0.3 is 5.32 Å². The number of anilines is 1. The van der Waals surface area contributed by atoms with Crippen LogP contribution in [0.3, 0.4) is 0 Å². The molecule has 1 heterocycles. The number of benzene rings is 1. The van der Waals surface area contributed by atoms with Crippen LogP contribution in [0.1, 0.15) is 36.2 Å². The van der Waals surface area contributed by atoms with E-state index in [0.717, 1.165) is 12.0 Å². The highest BCUT2D eigenvalue weighted by molar-refractivity contribution is 7.92. The molecule has 2 N–H and O–H groups in total. The van der Waals surface area contributed by atoms with Crippen molar-refractivity contribution in [3.8, 4) is 0 Å². The molecule has 0 bridgehead atoms. The summed E-state index contributed by atoms with van der Waals surface area (Å²) in [6.07, 6.45) is 3.39. The molecule has 0 saturated carbocycles. The number of sulfonamides is 1. The maximum atomic E-state index is 12.2. The summed E-state index contributed by atoms with van der Waals surface area (Å²) in [5, 5.41) is 2.79. The van der Waals surface area contributed by atoms with Gasteiger partial charge in [-0.3, -0.25) is 4.79 Å². The minimum Gasteiger partial charge on any atom is -0.350 e. The molecule has 128 valence electrons. The van der Waals surface area contributed by atoms with E-state index in [1.807, 2.05) is 20.8 Å². The molecule has 24 heavy (non-hydrogen) atoms. The summed E-state index contributed by atoms with van der Waals surface area (Å²) in [7, 11) is -3.76. The zero-order valence-corrected chi connectivity index (χ0v) is 14.6. The topological polar surface area (TPSA) is 101 Å². The first kappa shape index (κ1) is 17.9. The van der Waals surface area contributed by atoms with E-state index in [0.29, 0.717) is 0 Å². The van der Waals surface area contributed by atoms with E-state index >= 15 is 0 Å². The molecule has 0 aliphatic carbocycles. The first-order valence-electron chi connectivity index (χ1n) is 7.54. The third-order valence-electron chi connectivity index (χ3n) is 3.46. The predicted molar refractivity (Wildman–Crippen MR) is 91.2 cm³/mol. The SMILES string of the molecule is CC[C@@H](C)NC(=O)c1cnc(NS(=O)(=O)c2ccc(C)cc2)nc1. The van der Waals surface area contributed by atoms with Gasteiger partial charge in [0.05, 0.1) is 10.5 Å². The molecular weight excluding hydrogens is 328 g/mol. The van der Waals surface area contributed by atoms with Crippen LogP contribution < -0.4 is 10.0 Å². The smallest absolute Gasteiger partial charge is 0.264 e. The summed E-state index contributed by atoms with van der Waals surface area (Å²) < 4.78 is 26.8. The molecule has 1 aromatic heterocycles. The fraction of sp³-hybridized carbons (Fsp3) is 0.312. The molecule has 0 aliphatic rings. The molecule has 2 rings (SSSR count). The highest BCUT2D eigenvalue weighted by Gasteiger charge is 2.16. The van der Waals surface area contributed by atoms with Gasteiger partial charge >= 0.3 is 0 Å². The monoisotopic (exact) mass is 348 g/mol. The predicted octanol–water partition coefficient (Wildman–Crippen LogP) is 2.11. The number of amides is 1. The molecule has 0 saturated heterocycles. The summed E-state index contributed by atoms with van der Waals surface area (Å²) in [5.41, 5.74) is 1.23. The Morgan fingerprint density at radius 3 is 2.29 bits per heavy atom. The molecule has 0 aliphatic heterocycles. The van der Waals surface area contributed by atoms with Crippen LogP contribution in [0.4, 0.5) is 5.95 Å². The summed E-state index contributed by atoms with van der Waals surface area (Å²) in [6, 6.07) is 6.46. The maximum absolute atomic E-state index is 12.2. The van der Waals surface area contributed by atoms with Gasteiger partial charge in [-0.05, 0) is 32.4 Å². The Hall–Kier alpha value is -2.48. The summed E-state index contributed by atoms with van der Waals surface area (Å²) in [4.78, 5) is 19.9. The van der Waals surface area contributed by atoms with Gasteiger partial charge in [-0.25, -0.2) is 23.1 Å². The van der Waals surface area contributed by atoms with Gasteiger partial charge in [-0.1, -0.05) is 24.6 Å². The summed E-state index contributed by atoms with van der Waals surface area (Å²) in [6.45, 7) is 5.73. The Morgan fingerprint density at radius 2 is 1.75 bits per heavy atom. The maximum Gasteiger partial charge on any atom is 0.264 e. The largest absolute Gasteiger partial charge is 0.350 e. The molecule has 0 spiro atoms. The standard InChI is InChI=1S/C16H20N4O3S/c1-4-12(3)19-15(21)13-9-17-16(18-10-13)20-24(22,23)14-7-5-11(2)6-8-14/h5-10,12H,4H2,1-3H3,(H,19,21)(H,17,18,20)/t12-/m1/s1. The number of aromatic nitrogens is 2. The molecule has 8 heteroatoms. The van der Waals surface area contributed by atoms with Crippen LogP contribution in [-0.2, 0) is 10.0 Å². The zero-order valence-electron chi connectivity index (χ0n) is 13.8. The number of carbonyl (C=O) groups is 1. The first-order valence-corrected chi connectivity index (χ1v) is 9.02. The Labute approximate surface area is 141 Å². The fourth-order valence-electron chi connectivity index (χ4n) is 1.80. The lowest BCUT2D eigenvalue weighted by Crippen LogP contribution is -2.32. The first-order chi connectivity index (χ1) is 11.3. The van der Waals surface area contributed by atoms with Gasteiger partial charge in [0.15, 0.2) is 0 Å². The Kier molecular flexibility index (Phi) is 5.50. The third-order valence-corrected chi connectivity index (χ3v) is 4.80. The lowest BCUT2D eigenvalue weighted by atomic mass is 10.2. The number of hydrogen-bond acceptors (Lipinski definition) is 5. The van der Waals surface area contributed by atoms with Crippen LogP contribution >= 0.6 is 0 Å². The molecule has 1 amide bonds. The molecule has 7 nitrogen and oxygen atoms in total. The van der Waals surface area contributed by atoms with Crippen molar-refractivity contribution in [3.63, 3.8) is 0 Å². The summed E-state index contributed by atoms with van der Waals surface area (Å²) >= 11 is 0. The number of hydrogen-bond donors (Lipinski definition) is 2. The van der Waals surface area contributed by atoms with Gasteiger partial charge in [-0.15, -0.1) is 0 Å². The van der Waals surface area contributed by atoms with E-state index in [9.17, 15) is 13.2 Å². The normalized spacial score (nSPS) is 12.5. The van der Waals surface area contributed by atoms with E-state index in [1.165, 1.54) is 24.5 Å². The molecule has 0 radical (unpaired) electrons. The van der Waals surface area contributed by atoms with E-state index in [-0.39, 0.29) is 28.4 Å². The van der Waals surface area contributed by atoms with Gasteiger partial charge in [0.2, 0.25) is 5.95 Å². The second-order valence-corrected chi connectivity index (χ2v) is 7.18. The Morgan fingerprint density at radius 1 is 1.17 bits per heavy atom. The third kappa shape index (κ3) is 4.51. The fourth-order valence-corrected chi connectivity index (χ4v) is 2.76. The summed E-state index contributed by atoms with van der Waals surface area (Å²) in [5.74, 6) is -0.382. The van der Waals surface area contributed by atoms with Gasteiger partial charge in [0, 0.05) is 18.4 Å². The quantitative estimate of drug-likeness (QED) is 0.832. The van der Waals surface area contributed by atoms with Crippen molar-refractivity contribution >= 4 is 21.9 Å². The highest BCUT2D eigenvalue weighted by atomic mass is 32.2. The molecule has 0 unspecified atom stereocenters. The van der Waals surface area contributed by atoms with Crippen molar-refractivity contribution < 1.29 is 13.2 Å². The minimum atomic E-state index is -3.76. The highest BCUT2D eigenvalue weighted by Crippen LogP contribution is 2.13. The minimum absolute atomic E-state index is 0.0391. The van der Waals surface area contributed by atoms with E-state index < -0.39 is 10.0 Å². The van der Waals surface area contributed by atoms with Crippen LogP contribution in [0.15, 0.2) is 41.6 Å². The van der Waals surface area contributed by atoms with Crippen molar-refractivity contribution in [3.05, 3.63) is 47.8 Å². The van der Waals surface area contributed by atoms with Crippen molar-refractivity contribution in [2.24, 2.45) is 0 Å². The van der Waals surface area contributed by atoms with Crippen LogP contribution in [0.5, 0.6) is 0 Å². The van der Waals surface area contributed by atoms with Gasteiger partial charge in [0.25, 0.3) is 15.9 Å². The molecule has 1 aromatic carbocycles. The molecular formula is C16H20N4O3S. The van der Waals surface area contributed by atoms with Crippen molar-refractivity contribution in [2.75, 3.05) is 4.72 Å². The lowest BCUT2D eigenvalue weighted by Gasteiger charge is -2.11. The van der Waals surface area contributed by atoms with Gasteiger partial charge in [-0.2, -0.15) is 0 Å². The Balaban J connectivity index is 2.11. The van der Waals surface area contributed by atoms with Crippen LogP contribution in [-0.4, -0.2) is 30.3 Å². The molecule has 2 aromatic rings. The average Bonchev–Trinajstić information content (AvgIpc) is 2.55. The van der Waals surface area contributed by atoms with Crippen LogP contribution in [0.25, 0.3) is 0 Å².